The van der Waals surface area contributed by atoms with Gasteiger partial charge in [0.15, 0.2) is 0 Å². The van der Waals surface area contributed by atoms with Crippen molar-refractivity contribution >= 4 is 22.8 Å². The molecule has 0 bridgehead atoms. The van der Waals surface area contributed by atoms with Crippen LogP contribution in [0.3, 0.4) is 0 Å². The summed E-state index contributed by atoms with van der Waals surface area (Å²) in [5.74, 6) is 0.612. The lowest BCUT2D eigenvalue weighted by atomic mass is 10.3. The van der Waals surface area contributed by atoms with E-state index in [0.717, 1.165) is 18.0 Å². The van der Waals surface area contributed by atoms with Gasteiger partial charge in [0.25, 0.3) is 0 Å². The Morgan fingerprint density at radius 1 is 1.47 bits per heavy atom. The standard InChI is InChI=1S/C11H11N5S/c12-6-8-5-9(13)11(16-7-8)15-2-1-10-14-3-4-17-10/h3-5,7H,1-2,13H2,(H,15,16). The van der Waals surface area contributed by atoms with Crippen LogP contribution in [0, 0.1) is 11.3 Å². The summed E-state index contributed by atoms with van der Waals surface area (Å²) in [5.41, 5.74) is 6.72. The van der Waals surface area contributed by atoms with Gasteiger partial charge in [-0.25, -0.2) is 9.97 Å². The van der Waals surface area contributed by atoms with Gasteiger partial charge in [-0.15, -0.1) is 11.3 Å². The molecule has 0 aliphatic rings. The second-order valence-electron chi connectivity index (χ2n) is 3.38. The molecule has 0 unspecified atom stereocenters. The molecule has 2 heterocycles. The van der Waals surface area contributed by atoms with E-state index in [9.17, 15) is 0 Å². The summed E-state index contributed by atoms with van der Waals surface area (Å²) < 4.78 is 0. The highest BCUT2D eigenvalue weighted by Gasteiger charge is 2.02. The number of pyridine rings is 1. The molecule has 86 valence electrons. The third-order valence-electron chi connectivity index (χ3n) is 2.16. The number of aromatic nitrogens is 2. The van der Waals surface area contributed by atoms with Gasteiger partial charge in [0.1, 0.15) is 11.9 Å². The molecule has 0 saturated carbocycles. The van der Waals surface area contributed by atoms with Crippen molar-refractivity contribution < 1.29 is 0 Å². The summed E-state index contributed by atoms with van der Waals surface area (Å²) >= 11 is 1.62. The van der Waals surface area contributed by atoms with Gasteiger partial charge in [-0.3, -0.25) is 0 Å². The van der Waals surface area contributed by atoms with Crippen LogP contribution in [0.25, 0.3) is 0 Å². The molecule has 3 N–H and O–H groups in total. The van der Waals surface area contributed by atoms with E-state index in [1.807, 2.05) is 11.4 Å². The number of anilines is 2. The Bertz CT molecular complexity index is 529. The van der Waals surface area contributed by atoms with Gasteiger partial charge in [-0.05, 0) is 6.07 Å². The fourth-order valence-corrected chi connectivity index (χ4v) is 1.98. The Balaban J connectivity index is 1.93. The average Bonchev–Trinajstić information content (AvgIpc) is 2.84. The number of nitrogens with two attached hydrogens (primary N) is 1. The van der Waals surface area contributed by atoms with Gasteiger partial charge in [-0.1, -0.05) is 0 Å². The maximum absolute atomic E-state index is 8.68. The van der Waals surface area contributed by atoms with E-state index >= 15 is 0 Å². The molecule has 0 atom stereocenters. The zero-order valence-corrected chi connectivity index (χ0v) is 9.87. The fraction of sp³-hybridized carbons (Fsp3) is 0.182. The Kier molecular flexibility index (Phi) is 3.52. The lowest BCUT2D eigenvalue weighted by Crippen LogP contribution is -2.08. The lowest BCUT2D eigenvalue weighted by molar-refractivity contribution is 0.988. The molecule has 6 heteroatoms. The van der Waals surface area contributed by atoms with E-state index in [1.165, 1.54) is 6.20 Å². The maximum Gasteiger partial charge on any atom is 0.149 e. The van der Waals surface area contributed by atoms with Crippen LogP contribution in [0.5, 0.6) is 0 Å². The first-order valence-electron chi connectivity index (χ1n) is 5.07. The van der Waals surface area contributed by atoms with Gasteiger partial charge < -0.3 is 11.1 Å². The topological polar surface area (TPSA) is 87.6 Å². The van der Waals surface area contributed by atoms with Crippen molar-refractivity contribution in [2.45, 2.75) is 6.42 Å². The molecule has 0 saturated heterocycles. The van der Waals surface area contributed by atoms with Crippen molar-refractivity contribution in [3.63, 3.8) is 0 Å². The molecular weight excluding hydrogens is 234 g/mol. The predicted octanol–water partition coefficient (Wildman–Crippen LogP) is 1.65. The third kappa shape index (κ3) is 2.92. The molecule has 0 radical (unpaired) electrons. The summed E-state index contributed by atoms with van der Waals surface area (Å²) in [6.45, 7) is 0.719. The molecule has 0 spiro atoms. The summed E-state index contributed by atoms with van der Waals surface area (Å²) in [4.78, 5) is 8.27. The van der Waals surface area contributed by atoms with Crippen LogP contribution in [0.4, 0.5) is 11.5 Å². The fourth-order valence-electron chi connectivity index (χ4n) is 1.35. The molecule has 0 fully saturated rings. The number of thiazole rings is 1. The highest BCUT2D eigenvalue weighted by molar-refractivity contribution is 7.09. The van der Waals surface area contributed by atoms with E-state index in [1.54, 1.807) is 23.6 Å². The Hall–Kier alpha value is -2.13. The first-order chi connectivity index (χ1) is 8.29. The third-order valence-corrected chi connectivity index (χ3v) is 3.00. The van der Waals surface area contributed by atoms with E-state index in [-0.39, 0.29) is 0 Å². The molecule has 5 nitrogen and oxygen atoms in total. The van der Waals surface area contributed by atoms with Crippen molar-refractivity contribution in [2.75, 3.05) is 17.6 Å². The van der Waals surface area contributed by atoms with Gasteiger partial charge >= 0.3 is 0 Å². The summed E-state index contributed by atoms with van der Waals surface area (Å²) in [7, 11) is 0. The number of nitrogens with zero attached hydrogens (tertiary/aromatic N) is 3. The molecule has 0 aromatic carbocycles. The van der Waals surface area contributed by atoms with Crippen molar-refractivity contribution in [2.24, 2.45) is 0 Å². The number of rotatable bonds is 4. The quantitative estimate of drug-likeness (QED) is 0.855. The average molecular weight is 245 g/mol. The predicted molar refractivity (Wildman–Crippen MR) is 67.7 cm³/mol. The first kappa shape index (κ1) is 11.4. The van der Waals surface area contributed by atoms with Crippen LogP contribution in [0.1, 0.15) is 10.6 Å². The van der Waals surface area contributed by atoms with Crippen LogP contribution in [-0.2, 0) is 6.42 Å². The minimum Gasteiger partial charge on any atom is -0.396 e. The Morgan fingerprint density at radius 2 is 2.35 bits per heavy atom. The van der Waals surface area contributed by atoms with Crippen molar-refractivity contribution in [3.8, 4) is 6.07 Å². The molecular formula is C11H11N5S. The van der Waals surface area contributed by atoms with E-state index in [0.29, 0.717) is 17.1 Å². The molecule has 2 rings (SSSR count). The molecule has 0 aliphatic carbocycles. The summed E-state index contributed by atoms with van der Waals surface area (Å²) in [6, 6.07) is 3.60. The molecule has 2 aromatic rings. The number of hydrogen-bond donors (Lipinski definition) is 2. The second-order valence-corrected chi connectivity index (χ2v) is 4.36. The molecule has 0 amide bonds. The van der Waals surface area contributed by atoms with Crippen LogP contribution in [0.2, 0.25) is 0 Å². The maximum atomic E-state index is 8.68. The minimum atomic E-state index is 0.466. The van der Waals surface area contributed by atoms with Crippen molar-refractivity contribution in [1.82, 2.24) is 9.97 Å². The highest BCUT2D eigenvalue weighted by Crippen LogP contribution is 2.16. The summed E-state index contributed by atoms with van der Waals surface area (Å²) in [5, 5.41) is 14.8. The van der Waals surface area contributed by atoms with Crippen molar-refractivity contribution in [1.29, 1.82) is 5.26 Å². The normalized spacial score (nSPS) is 9.82. The smallest absolute Gasteiger partial charge is 0.149 e. The zero-order chi connectivity index (χ0) is 12.1. The van der Waals surface area contributed by atoms with Crippen LogP contribution in [0.15, 0.2) is 23.8 Å². The van der Waals surface area contributed by atoms with Gasteiger partial charge in [-0.2, -0.15) is 5.26 Å². The molecule has 0 aliphatic heterocycles. The number of nitrogen functional groups attached to an aromatic ring is 1. The number of nitrogens with one attached hydrogen (secondary N) is 1. The van der Waals surface area contributed by atoms with E-state index in [4.69, 9.17) is 11.0 Å². The monoisotopic (exact) mass is 245 g/mol. The van der Waals surface area contributed by atoms with Crippen LogP contribution >= 0.6 is 11.3 Å². The summed E-state index contributed by atoms with van der Waals surface area (Å²) in [6.07, 6.45) is 4.12. The van der Waals surface area contributed by atoms with E-state index in [2.05, 4.69) is 15.3 Å². The second kappa shape index (κ2) is 5.27. The molecule has 17 heavy (non-hydrogen) atoms. The lowest BCUT2D eigenvalue weighted by Gasteiger charge is -2.06. The highest BCUT2D eigenvalue weighted by atomic mass is 32.1. The number of nitriles is 1. The van der Waals surface area contributed by atoms with Crippen molar-refractivity contribution in [3.05, 3.63) is 34.4 Å². The van der Waals surface area contributed by atoms with Crippen LogP contribution in [-0.4, -0.2) is 16.5 Å². The molecule has 2 aromatic heterocycles. The minimum absolute atomic E-state index is 0.466. The first-order valence-corrected chi connectivity index (χ1v) is 5.95. The van der Waals surface area contributed by atoms with Crippen LogP contribution < -0.4 is 11.1 Å². The Morgan fingerprint density at radius 3 is 3.00 bits per heavy atom. The van der Waals surface area contributed by atoms with Gasteiger partial charge in [0.2, 0.25) is 0 Å². The SMILES string of the molecule is N#Cc1cnc(NCCc2nccs2)c(N)c1. The van der Waals surface area contributed by atoms with Gasteiger partial charge in [0.05, 0.1) is 16.3 Å². The number of hydrogen-bond acceptors (Lipinski definition) is 6. The largest absolute Gasteiger partial charge is 0.396 e. The zero-order valence-electron chi connectivity index (χ0n) is 9.05. The van der Waals surface area contributed by atoms with Gasteiger partial charge in [0, 0.05) is 30.7 Å². The van der Waals surface area contributed by atoms with E-state index < -0.39 is 0 Å². The Labute approximate surface area is 103 Å².